The van der Waals surface area contributed by atoms with Crippen LogP contribution in [0.5, 0.6) is 0 Å². The van der Waals surface area contributed by atoms with E-state index < -0.39 is 16.1 Å². The van der Waals surface area contributed by atoms with Gasteiger partial charge in [0.25, 0.3) is 0 Å². The van der Waals surface area contributed by atoms with Gasteiger partial charge >= 0.3 is 0 Å². The Morgan fingerprint density at radius 2 is 2.18 bits per heavy atom. The van der Waals surface area contributed by atoms with E-state index in [0.29, 0.717) is 6.42 Å². The van der Waals surface area contributed by atoms with E-state index in [1.54, 1.807) is 6.92 Å². The molecule has 7 heteroatoms. The fourth-order valence-electron chi connectivity index (χ4n) is 1.21. The zero-order valence-corrected chi connectivity index (χ0v) is 10.7. The van der Waals surface area contributed by atoms with Crippen LogP contribution in [0.3, 0.4) is 0 Å². The molecular formula is C10H17N3O3S. The van der Waals surface area contributed by atoms with Crippen molar-refractivity contribution in [2.75, 3.05) is 19.3 Å². The summed E-state index contributed by atoms with van der Waals surface area (Å²) in [6.07, 6.45) is 1.08. The van der Waals surface area contributed by atoms with Gasteiger partial charge in [-0.25, -0.2) is 17.7 Å². The number of pyridine rings is 1. The fraction of sp³-hybridized carbons (Fsp3) is 0.500. The van der Waals surface area contributed by atoms with E-state index in [1.165, 1.54) is 29.7 Å². The van der Waals surface area contributed by atoms with Gasteiger partial charge in [-0.15, -0.1) is 0 Å². The van der Waals surface area contributed by atoms with E-state index >= 15 is 0 Å². The van der Waals surface area contributed by atoms with Gasteiger partial charge in [-0.2, -0.15) is 0 Å². The van der Waals surface area contributed by atoms with Crippen molar-refractivity contribution in [3.8, 4) is 0 Å². The summed E-state index contributed by atoms with van der Waals surface area (Å²) in [6, 6.07) is 2.85. The first-order valence-corrected chi connectivity index (χ1v) is 6.64. The highest BCUT2D eigenvalue weighted by Crippen LogP contribution is 2.14. The maximum absolute atomic E-state index is 12.0. The lowest BCUT2D eigenvalue weighted by Crippen LogP contribution is -2.29. The molecule has 1 rings (SSSR count). The molecule has 1 unspecified atom stereocenters. The third kappa shape index (κ3) is 3.65. The number of anilines is 1. The van der Waals surface area contributed by atoms with Gasteiger partial charge in [0.1, 0.15) is 10.7 Å². The van der Waals surface area contributed by atoms with Gasteiger partial charge in [0.15, 0.2) is 0 Å². The third-order valence-electron chi connectivity index (χ3n) is 2.33. The summed E-state index contributed by atoms with van der Waals surface area (Å²) in [5, 5.41) is 9.12. The lowest BCUT2D eigenvalue weighted by Gasteiger charge is -2.17. The van der Waals surface area contributed by atoms with Crippen LogP contribution in [-0.2, 0) is 10.0 Å². The number of sulfonamides is 1. The standard InChI is InChI=1S/C10H17N3O3S/c1-8(14)5-6-13(2)17(15,16)9-3-4-10(11)12-7-9/h3-4,7-8,14H,5-6H2,1-2H3,(H2,11,12). The van der Waals surface area contributed by atoms with Crippen molar-refractivity contribution >= 4 is 15.8 Å². The fourth-order valence-corrected chi connectivity index (χ4v) is 2.34. The van der Waals surface area contributed by atoms with Gasteiger partial charge in [0.2, 0.25) is 10.0 Å². The molecular weight excluding hydrogens is 242 g/mol. The van der Waals surface area contributed by atoms with E-state index in [2.05, 4.69) is 4.98 Å². The molecule has 0 saturated carbocycles. The molecule has 6 nitrogen and oxygen atoms in total. The monoisotopic (exact) mass is 259 g/mol. The summed E-state index contributed by atoms with van der Waals surface area (Å²) >= 11 is 0. The smallest absolute Gasteiger partial charge is 0.244 e. The van der Waals surface area contributed by atoms with Crippen LogP contribution < -0.4 is 5.73 Å². The molecule has 0 aliphatic carbocycles. The number of rotatable bonds is 5. The zero-order valence-electron chi connectivity index (χ0n) is 9.87. The predicted molar refractivity (Wildman–Crippen MR) is 64.8 cm³/mol. The van der Waals surface area contributed by atoms with Gasteiger partial charge in [-0.05, 0) is 25.5 Å². The Morgan fingerprint density at radius 3 is 2.65 bits per heavy atom. The van der Waals surface area contributed by atoms with Crippen LogP contribution in [0.1, 0.15) is 13.3 Å². The Bertz CT molecular complexity index is 456. The molecule has 0 aromatic carbocycles. The van der Waals surface area contributed by atoms with Crippen LogP contribution in [0.15, 0.2) is 23.2 Å². The molecule has 0 aliphatic heterocycles. The first kappa shape index (κ1) is 13.9. The van der Waals surface area contributed by atoms with E-state index in [1.807, 2.05) is 0 Å². The minimum atomic E-state index is -3.55. The average molecular weight is 259 g/mol. The largest absolute Gasteiger partial charge is 0.393 e. The normalized spacial score (nSPS) is 13.9. The molecule has 17 heavy (non-hydrogen) atoms. The second-order valence-electron chi connectivity index (χ2n) is 3.88. The van der Waals surface area contributed by atoms with Crippen LogP contribution >= 0.6 is 0 Å². The molecule has 3 N–H and O–H groups in total. The Balaban J connectivity index is 2.84. The van der Waals surface area contributed by atoms with Crippen molar-refractivity contribution in [3.63, 3.8) is 0 Å². The summed E-state index contributed by atoms with van der Waals surface area (Å²) < 4.78 is 25.2. The Kier molecular flexibility index (Phi) is 4.44. The Hall–Kier alpha value is -1.18. The molecule has 1 aromatic rings. The van der Waals surface area contributed by atoms with E-state index in [4.69, 9.17) is 10.8 Å². The summed E-state index contributed by atoms with van der Waals surface area (Å²) in [5.74, 6) is 0.274. The SMILES string of the molecule is CC(O)CCN(C)S(=O)(=O)c1ccc(N)nc1. The predicted octanol–water partition coefficient (Wildman–Crippen LogP) is 0.0552. The quantitative estimate of drug-likeness (QED) is 0.779. The van der Waals surface area contributed by atoms with Crippen molar-refractivity contribution in [3.05, 3.63) is 18.3 Å². The van der Waals surface area contributed by atoms with Crippen LogP contribution in [0.4, 0.5) is 5.82 Å². The molecule has 0 amide bonds. The number of nitrogens with zero attached hydrogens (tertiary/aromatic N) is 2. The van der Waals surface area contributed by atoms with E-state index in [0.717, 1.165) is 0 Å². The molecule has 1 atom stereocenters. The topological polar surface area (TPSA) is 96.5 Å². The summed E-state index contributed by atoms with van der Waals surface area (Å²) in [5.41, 5.74) is 5.39. The maximum atomic E-state index is 12.0. The van der Waals surface area contributed by atoms with Gasteiger partial charge < -0.3 is 10.8 Å². The molecule has 1 heterocycles. The molecule has 0 bridgehead atoms. The Morgan fingerprint density at radius 1 is 1.53 bits per heavy atom. The van der Waals surface area contributed by atoms with Crippen molar-refractivity contribution in [1.29, 1.82) is 0 Å². The number of aliphatic hydroxyl groups excluding tert-OH is 1. The number of nitrogens with two attached hydrogens (primary N) is 1. The van der Waals surface area contributed by atoms with Gasteiger partial charge in [-0.1, -0.05) is 0 Å². The third-order valence-corrected chi connectivity index (χ3v) is 4.17. The van der Waals surface area contributed by atoms with Crippen LogP contribution in [0.25, 0.3) is 0 Å². The van der Waals surface area contributed by atoms with Crippen LogP contribution in [0.2, 0.25) is 0 Å². The number of hydrogen-bond donors (Lipinski definition) is 2. The number of nitrogen functional groups attached to an aromatic ring is 1. The van der Waals surface area contributed by atoms with Gasteiger partial charge in [0.05, 0.1) is 6.10 Å². The first-order valence-electron chi connectivity index (χ1n) is 5.20. The zero-order chi connectivity index (χ0) is 13.1. The minimum absolute atomic E-state index is 0.0970. The summed E-state index contributed by atoms with van der Waals surface area (Å²) in [4.78, 5) is 3.84. The van der Waals surface area contributed by atoms with Gasteiger partial charge in [-0.3, -0.25) is 0 Å². The first-order chi connectivity index (χ1) is 7.84. The highest BCUT2D eigenvalue weighted by atomic mass is 32.2. The minimum Gasteiger partial charge on any atom is -0.393 e. The van der Waals surface area contributed by atoms with E-state index in [9.17, 15) is 8.42 Å². The highest BCUT2D eigenvalue weighted by Gasteiger charge is 2.20. The van der Waals surface area contributed by atoms with Crippen molar-refractivity contribution < 1.29 is 13.5 Å². The van der Waals surface area contributed by atoms with Crippen molar-refractivity contribution in [2.24, 2.45) is 0 Å². The summed E-state index contributed by atoms with van der Waals surface area (Å²) in [6.45, 7) is 1.87. The molecule has 96 valence electrons. The molecule has 0 aliphatic rings. The van der Waals surface area contributed by atoms with Crippen LogP contribution in [-0.4, -0.2) is 42.5 Å². The lowest BCUT2D eigenvalue weighted by atomic mass is 10.3. The number of aromatic nitrogens is 1. The molecule has 0 spiro atoms. The second kappa shape index (κ2) is 5.44. The van der Waals surface area contributed by atoms with E-state index in [-0.39, 0.29) is 17.3 Å². The lowest BCUT2D eigenvalue weighted by molar-refractivity contribution is 0.177. The van der Waals surface area contributed by atoms with Crippen molar-refractivity contribution in [2.45, 2.75) is 24.3 Å². The maximum Gasteiger partial charge on any atom is 0.244 e. The molecule has 0 radical (unpaired) electrons. The highest BCUT2D eigenvalue weighted by molar-refractivity contribution is 7.89. The number of aliphatic hydroxyl groups is 1. The van der Waals surface area contributed by atoms with Crippen molar-refractivity contribution in [1.82, 2.24) is 9.29 Å². The average Bonchev–Trinajstić information content (AvgIpc) is 2.26. The van der Waals surface area contributed by atoms with Crippen LogP contribution in [0, 0.1) is 0 Å². The number of hydrogen-bond acceptors (Lipinski definition) is 5. The summed E-state index contributed by atoms with van der Waals surface area (Å²) in [7, 11) is -2.08. The molecule has 1 aromatic heterocycles. The molecule has 0 saturated heterocycles. The second-order valence-corrected chi connectivity index (χ2v) is 5.93. The molecule has 0 fully saturated rings. The Labute approximate surface area is 101 Å². The van der Waals surface area contributed by atoms with Gasteiger partial charge in [0, 0.05) is 19.8 Å².